The van der Waals surface area contributed by atoms with Gasteiger partial charge in [-0.2, -0.15) is 5.10 Å². The molecule has 0 saturated heterocycles. The number of hydrogen-bond acceptors (Lipinski definition) is 3. The lowest BCUT2D eigenvalue weighted by molar-refractivity contribution is -0.120. The lowest BCUT2D eigenvalue weighted by atomic mass is 10.2. The smallest absolute Gasteiger partial charge is 0.234 e. The van der Waals surface area contributed by atoms with Gasteiger partial charge in [-0.1, -0.05) is 15.9 Å². The summed E-state index contributed by atoms with van der Waals surface area (Å²) >= 11 is 3.44. The highest BCUT2D eigenvalue weighted by atomic mass is 79.9. The van der Waals surface area contributed by atoms with E-state index in [0.29, 0.717) is 13.1 Å². The third kappa shape index (κ3) is 4.65. The maximum Gasteiger partial charge on any atom is 0.234 e. The van der Waals surface area contributed by atoms with E-state index < -0.39 is 0 Å². The number of carbonyl (C=O) groups is 1. The first kappa shape index (κ1) is 17.7. The Kier molecular flexibility index (Phi) is 5.96. The highest BCUT2D eigenvalue weighted by molar-refractivity contribution is 9.10. The second kappa shape index (κ2) is 7.75. The molecule has 1 heterocycles. The summed E-state index contributed by atoms with van der Waals surface area (Å²) in [7, 11) is 0. The van der Waals surface area contributed by atoms with Crippen LogP contribution in [0.1, 0.15) is 30.8 Å². The number of amides is 1. The average Bonchev–Trinajstić information content (AvgIpc) is 2.75. The normalized spacial score (nSPS) is 11.0. The molecule has 1 amide bonds. The standard InChI is InChI=1S/C17H23BrN4O/c1-11(2)20-17(23)10-19-9-16-12(3)21-22(13(16)4)15-7-5-14(18)6-8-15/h5-8,11,19H,9-10H2,1-4H3,(H,20,23). The molecule has 1 aromatic carbocycles. The summed E-state index contributed by atoms with van der Waals surface area (Å²) in [5.41, 5.74) is 4.21. The van der Waals surface area contributed by atoms with Gasteiger partial charge in [0.2, 0.25) is 5.91 Å². The van der Waals surface area contributed by atoms with E-state index in [4.69, 9.17) is 0 Å². The molecule has 124 valence electrons. The molecule has 0 atom stereocenters. The Bertz CT molecular complexity index is 677. The highest BCUT2D eigenvalue weighted by Gasteiger charge is 2.13. The molecule has 2 rings (SSSR count). The zero-order valence-corrected chi connectivity index (χ0v) is 15.6. The zero-order chi connectivity index (χ0) is 17.0. The molecular formula is C17H23BrN4O. The molecule has 2 N–H and O–H groups in total. The average molecular weight is 379 g/mol. The molecule has 0 fully saturated rings. The van der Waals surface area contributed by atoms with Crippen molar-refractivity contribution >= 4 is 21.8 Å². The van der Waals surface area contributed by atoms with Crippen molar-refractivity contribution in [1.82, 2.24) is 20.4 Å². The van der Waals surface area contributed by atoms with E-state index in [0.717, 1.165) is 27.1 Å². The molecule has 23 heavy (non-hydrogen) atoms. The number of rotatable bonds is 6. The topological polar surface area (TPSA) is 59.0 Å². The molecule has 5 nitrogen and oxygen atoms in total. The largest absolute Gasteiger partial charge is 0.353 e. The fourth-order valence-corrected chi connectivity index (χ4v) is 2.70. The number of benzene rings is 1. The molecule has 2 aromatic rings. The fraction of sp³-hybridized carbons (Fsp3) is 0.412. The zero-order valence-electron chi connectivity index (χ0n) is 14.0. The van der Waals surface area contributed by atoms with Crippen LogP contribution in [0.4, 0.5) is 0 Å². The van der Waals surface area contributed by atoms with Crippen LogP contribution in [0.3, 0.4) is 0 Å². The predicted molar refractivity (Wildman–Crippen MR) is 95.7 cm³/mol. The van der Waals surface area contributed by atoms with Crippen LogP contribution in [-0.4, -0.2) is 28.3 Å². The number of aryl methyl sites for hydroxylation is 1. The molecule has 0 saturated carbocycles. The molecular weight excluding hydrogens is 356 g/mol. The van der Waals surface area contributed by atoms with E-state index in [2.05, 4.69) is 31.7 Å². The number of aromatic nitrogens is 2. The van der Waals surface area contributed by atoms with Gasteiger partial charge < -0.3 is 10.6 Å². The van der Waals surface area contributed by atoms with Gasteiger partial charge in [0.25, 0.3) is 0 Å². The number of hydrogen-bond donors (Lipinski definition) is 2. The molecule has 0 aliphatic rings. The van der Waals surface area contributed by atoms with Gasteiger partial charge >= 0.3 is 0 Å². The number of nitrogens with one attached hydrogen (secondary N) is 2. The van der Waals surface area contributed by atoms with Gasteiger partial charge in [0.15, 0.2) is 0 Å². The summed E-state index contributed by atoms with van der Waals surface area (Å²) < 4.78 is 2.98. The highest BCUT2D eigenvalue weighted by Crippen LogP contribution is 2.19. The molecule has 0 aliphatic heterocycles. The van der Waals surface area contributed by atoms with Crippen LogP contribution >= 0.6 is 15.9 Å². The van der Waals surface area contributed by atoms with Crippen LogP contribution < -0.4 is 10.6 Å². The summed E-state index contributed by atoms with van der Waals surface area (Å²) in [6, 6.07) is 8.21. The molecule has 0 unspecified atom stereocenters. The van der Waals surface area contributed by atoms with Crippen LogP contribution in [0.25, 0.3) is 5.69 Å². The van der Waals surface area contributed by atoms with Crippen LogP contribution in [0.5, 0.6) is 0 Å². The van der Waals surface area contributed by atoms with Crippen LogP contribution in [-0.2, 0) is 11.3 Å². The summed E-state index contributed by atoms with van der Waals surface area (Å²) in [5.74, 6) is 0.00982. The van der Waals surface area contributed by atoms with Gasteiger partial charge in [0.05, 0.1) is 17.9 Å². The number of nitrogens with zero attached hydrogens (tertiary/aromatic N) is 2. The second-order valence-corrected chi connectivity index (χ2v) is 6.78. The first-order valence-electron chi connectivity index (χ1n) is 7.69. The van der Waals surface area contributed by atoms with Crippen LogP contribution in [0, 0.1) is 13.8 Å². The molecule has 1 aromatic heterocycles. The van der Waals surface area contributed by atoms with Crippen molar-refractivity contribution in [3.05, 3.63) is 45.7 Å². The number of halogens is 1. The Labute approximate surface area is 145 Å². The van der Waals surface area contributed by atoms with Crippen LogP contribution in [0.15, 0.2) is 28.7 Å². The Morgan fingerprint density at radius 1 is 1.26 bits per heavy atom. The molecule has 6 heteroatoms. The second-order valence-electron chi connectivity index (χ2n) is 5.86. The molecule has 0 spiro atoms. The Hall–Kier alpha value is -1.66. The van der Waals surface area contributed by atoms with Gasteiger partial charge in [0, 0.05) is 28.3 Å². The van der Waals surface area contributed by atoms with Crippen molar-refractivity contribution in [2.45, 2.75) is 40.3 Å². The van der Waals surface area contributed by atoms with Gasteiger partial charge in [0.1, 0.15) is 0 Å². The van der Waals surface area contributed by atoms with E-state index in [1.807, 2.05) is 56.6 Å². The maximum atomic E-state index is 11.7. The minimum atomic E-state index is 0.00982. The van der Waals surface area contributed by atoms with E-state index in [1.54, 1.807) is 0 Å². The van der Waals surface area contributed by atoms with Crippen molar-refractivity contribution in [1.29, 1.82) is 0 Å². The Morgan fingerprint density at radius 2 is 1.91 bits per heavy atom. The van der Waals surface area contributed by atoms with Gasteiger partial charge in [-0.15, -0.1) is 0 Å². The van der Waals surface area contributed by atoms with Gasteiger partial charge in [-0.3, -0.25) is 4.79 Å². The molecule has 0 aliphatic carbocycles. The summed E-state index contributed by atoms with van der Waals surface area (Å²) in [5, 5.41) is 10.7. The monoisotopic (exact) mass is 378 g/mol. The maximum absolute atomic E-state index is 11.7. The van der Waals surface area contributed by atoms with E-state index in [-0.39, 0.29) is 11.9 Å². The van der Waals surface area contributed by atoms with Crippen molar-refractivity contribution in [3.8, 4) is 5.69 Å². The first-order chi connectivity index (χ1) is 10.9. The van der Waals surface area contributed by atoms with Crippen molar-refractivity contribution in [2.75, 3.05) is 6.54 Å². The molecule has 0 bridgehead atoms. The first-order valence-corrected chi connectivity index (χ1v) is 8.49. The predicted octanol–water partition coefficient (Wildman–Crippen LogP) is 2.87. The van der Waals surface area contributed by atoms with Crippen molar-refractivity contribution < 1.29 is 4.79 Å². The lowest BCUT2D eigenvalue weighted by Gasteiger charge is -2.09. The SMILES string of the molecule is Cc1nn(-c2ccc(Br)cc2)c(C)c1CNCC(=O)NC(C)C. The minimum absolute atomic E-state index is 0.00982. The minimum Gasteiger partial charge on any atom is -0.353 e. The fourth-order valence-electron chi connectivity index (χ4n) is 2.44. The summed E-state index contributed by atoms with van der Waals surface area (Å²) in [4.78, 5) is 11.7. The third-order valence-electron chi connectivity index (χ3n) is 3.55. The van der Waals surface area contributed by atoms with E-state index in [1.165, 1.54) is 0 Å². The molecule has 0 radical (unpaired) electrons. The quantitative estimate of drug-likeness (QED) is 0.812. The van der Waals surface area contributed by atoms with Gasteiger partial charge in [-0.05, 0) is 52.0 Å². The van der Waals surface area contributed by atoms with E-state index >= 15 is 0 Å². The third-order valence-corrected chi connectivity index (χ3v) is 4.08. The van der Waals surface area contributed by atoms with Crippen LogP contribution in [0.2, 0.25) is 0 Å². The lowest BCUT2D eigenvalue weighted by Crippen LogP contribution is -2.37. The van der Waals surface area contributed by atoms with Gasteiger partial charge in [-0.25, -0.2) is 4.68 Å². The summed E-state index contributed by atoms with van der Waals surface area (Å²) in [6.07, 6.45) is 0. The Balaban J connectivity index is 2.06. The number of carbonyl (C=O) groups excluding carboxylic acids is 1. The van der Waals surface area contributed by atoms with E-state index in [9.17, 15) is 4.79 Å². The van der Waals surface area contributed by atoms with Crippen molar-refractivity contribution in [2.24, 2.45) is 0 Å². The Morgan fingerprint density at radius 3 is 2.52 bits per heavy atom. The van der Waals surface area contributed by atoms with Crippen molar-refractivity contribution in [3.63, 3.8) is 0 Å². The summed E-state index contributed by atoms with van der Waals surface area (Å²) in [6.45, 7) is 8.88.